The first-order chi connectivity index (χ1) is 18.9. The molecule has 8 N–H and O–H groups in total. The zero-order chi connectivity index (χ0) is 30.5. The number of hydrogen-bond acceptors (Lipinski definition) is 10. The van der Waals surface area contributed by atoms with E-state index in [9.17, 15) is 9.59 Å². The van der Waals surface area contributed by atoms with E-state index in [-0.39, 0.29) is 0 Å². The highest BCUT2D eigenvalue weighted by Crippen LogP contribution is 2.06. The van der Waals surface area contributed by atoms with Crippen LogP contribution in [0.5, 0.6) is 0 Å². The number of carboxylic acid groups (broad SMARTS) is 2. The van der Waals surface area contributed by atoms with Gasteiger partial charge in [-0.05, 0) is 64.0 Å². The van der Waals surface area contributed by atoms with E-state index in [2.05, 4.69) is 58.8 Å². The molecule has 0 aromatic carbocycles. The second-order valence-electron chi connectivity index (χ2n) is 8.78. The van der Waals surface area contributed by atoms with Crippen molar-refractivity contribution in [3.63, 3.8) is 0 Å². The Morgan fingerprint density at radius 1 is 0.750 bits per heavy atom. The van der Waals surface area contributed by atoms with Gasteiger partial charge in [-0.1, -0.05) is 36.4 Å². The molecule has 222 valence electrons. The Labute approximate surface area is 234 Å². The molecule has 0 spiro atoms. The molecule has 0 aliphatic heterocycles. The summed E-state index contributed by atoms with van der Waals surface area (Å²) < 4.78 is 0. The number of aliphatic hydroxyl groups excluding tert-OH is 4. The van der Waals surface area contributed by atoms with E-state index in [0.717, 1.165) is 24.0 Å². The second kappa shape index (κ2) is 21.3. The molecule has 0 radical (unpaired) electrons. The molecule has 0 saturated heterocycles. The third-order valence-electron chi connectivity index (χ3n) is 5.46. The SMILES string of the molecule is CN[C@H](C)C/C=C/c1cccnc1.CN[C@H](C)C/C=C/c1cccnc1.O=C(O)[C@@H](O)[C@H](O)[C@H](O)[C@@H](O)C(=O)O. The molecule has 12 heteroatoms. The van der Waals surface area contributed by atoms with Crippen LogP contribution in [0.15, 0.2) is 61.2 Å². The monoisotopic (exact) mass is 562 g/mol. The summed E-state index contributed by atoms with van der Waals surface area (Å²) in [5, 5.41) is 57.8. The van der Waals surface area contributed by atoms with Crippen molar-refractivity contribution >= 4 is 24.1 Å². The first-order valence-corrected chi connectivity index (χ1v) is 12.6. The maximum absolute atomic E-state index is 10.1. The number of pyridine rings is 2. The van der Waals surface area contributed by atoms with E-state index in [0.29, 0.717) is 12.1 Å². The summed E-state index contributed by atoms with van der Waals surface area (Å²) in [5.41, 5.74) is 2.32. The molecule has 2 aromatic rings. The lowest BCUT2D eigenvalue weighted by Gasteiger charge is -2.21. The Bertz CT molecular complexity index is 926. The van der Waals surface area contributed by atoms with Crippen LogP contribution in [0.3, 0.4) is 0 Å². The summed E-state index contributed by atoms with van der Waals surface area (Å²) in [5.74, 6) is -3.68. The number of nitrogens with one attached hydrogen (secondary N) is 2. The fourth-order valence-corrected chi connectivity index (χ4v) is 2.67. The number of hydrogen-bond donors (Lipinski definition) is 8. The third kappa shape index (κ3) is 16.4. The van der Waals surface area contributed by atoms with Crippen LogP contribution >= 0.6 is 0 Å². The average Bonchev–Trinajstić information content (AvgIpc) is 2.97. The predicted octanol–water partition coefficient (Wildman–Crippen LogP) is 0.785. The topological polar surface area (TPSA) is 205 Å². The van der Waals surface area contributed by atoms with E-state index >= 15 is 0 Å². The molecular formula is C28H42N4O8. The summed E-state index contributed by atoms with van der Waals surface area (Å²) in [4.78, 5) is 28.2. The summed E-state index contributed by atoms with van der Waals surface area (Å²) in [6.07, 6.45) is 8.63. The molecule has 0 amide bonds. The maximum Gasteiger partial charge on any atom is 0.335 e. The van der Waals surface area contributed by atoms with Crippen molar-refractivity contribution in [1.82, 2.24) is 20.6 Å². The number of rotatable bonds is 13. The molecule has 2 heterocycles. The molecule has 0 fully saturated rings. The molecule has 2 rings (SSSR count). The average molecular weight is 563 g/mol. The Morgan fingerprint density at radius 3 is 1.35 bits per heavy atom. The number of carbonyl (C=O) groups is 2. The number of carboxylic acids is 2. The fraction of sp³-hybridized carbons (Fsp3) is 0.429. The Morgan fingerprint density at radius 2 is 1.10 bits per heavy atom. The van der Waals surface area contributed by atoms with Crippen LogP contribution in [0, 0.1) is 0 Å². The van der Waals surface area contributed by atoms with Crippen LogP contribution in [0.25, 0.3) is 12.2 Å². The van der Waals surface area contributed by atoms with E-state index in [1.165, 1.54) is 0 Å². The van der Waals surface area contributed by atoms with Crippen molar-refractivity contribution in [3.8, 4) is 0 Å². The van der Waals surface area contributed by atoms with Crippen molar-refractivity contribution in [3.05, 3.63) is 72.3 Å². The van der Waals surface area contributed by atoms with E-state index in [1.807, 2.05) is 50.8 Å². The summed E-state index contributed by atoms with van der Waals surface area (Å²) >= 11 is 0. The smallest absolute Gasteiger partial charge is 0.335 e. The van der Waals surface area contributed by atoms with Crippen LogP contribution in [-0.4, -0.2) is 103 Å². The number of nitrogens with zero attached hydrogens (tertiary/aromatic N) is 2. The first-order valence-electron chi connectivity index (χ1n) is 12.6. The summed E-state index contributed by atoms with van der Waals surface area (Å²) in [7, 11) is 3.95. The Balaban J connectivity index is 0.000000571. The highest BCUT2D eigenvalue weighted by atomic mass is 16.4. The van der Waals surface area contributed by atoms with Gasteiger partial charge in [-0.2, -0.15) is 0 Å². The van der Waals surface area contributed by atoms with Crippen LogP contribution in [0.4, 0.5) is 0 Å². The number of aromatic nitrogens is 2. The molecule has 40 heavy (non-hydrogen) atoms. The van der Waals surface area contributed by atoms with Gasteiger partial charge in [0, 0.05) is 36.9 Å². The van der Waals surface area contributed by atoms with Crippen LogP contribution in [-0.2, 0) is 9.59 Å². The highest BCUT2D eigenvalue weighted by Gasteiger charge is 2.37. The van der Waals surface area contributed by atoms with Gasteiger partial charge in [-0.15, -0.1) is 0 Å². The van der Waals surface area contributed by atoms with Crippen LogP contribution < -0.4 is 10.6 Å². The molecule has 0 unspecified atom stereocenters. The number of aliphatic carboxylic acids is 2. The minimum Gasteiger partial charge on any atom is -0.479 e. The zero-order valence-electron chi connectivity index (χ0n) is 23.2. The van der Waals surface area contributed by atoms with Gasteiger partial charge in [0.1, 0.15) is 12.2 Å². The Hall–Kier alpha value is -3.52. The molecule has 0 aliphatic rings. The zero-order valence-corrected chi connectivity index (χ0v) is 23.2. The predicted molar refractivity (Wildman–Crippen MR) is 152 cm³/mol. The minimum absolute atomic E-state index is 0.535. The lowest BCUT2D eigenvalue weighted by Crippen LogP contribution is -2.49. The quantitative estimate of drug-likeness (QED) is 0.171. The largest absolute Gasteiger partial charge is 0.479 e. The van der Waals surface area contributed by atoms with Gasteiger partial charge < -0.3 is 41.3 Å². The molecule has 2 aromatic heterocycles. The van der Waals surface area contributed by atoms with Gasteiger partial charge in [0.15, 0.2) is 12.2 Å². The van der Waals surface area contributed by atoms with Crippen molar-refractivity contribution < 1.29 is 40.2 Å². The van der Waals surface area contributed by atoms with Gasteiger partial charge >= 0.3 is 11.9 Å². The van der Waals surface area contributed by atoms with E-state index in [4.69, 9.17) is 30.6 Å². The van der Waals surface area contributed by atoms with Gasteiger partial charge in [-0.25, -0.2) is 9.59 Å². The normalized spacial score (nSPS) is 15.5. The lowest BCUT2D eigenvalue weighted by molar-refractivity contribution is -0.172. The minimum atomic E-state index is -2.36. The fourth-order valence-electron chi connectivity index (χ4n) is 2.67. The van der Waals surface area contributed by atoms with Gasteiger partial charge in [-0.3, -0.25) is 9.97 Å². The standard InChI is InChI=1S/2C11H16N2.C6H10O8/c2*1-10(12-2)5-3-6-11-7-4-8-13-9-11;7-1(3(9)5(11)12)2(8)4(10)6(13)14/h2*3-4,6-10,12H,5H2,1-2H3;1-4,7-10H,(H,11,12)(H,13,14)/b2*6-3+;/t2*10-;1-,2+,3+,4-/m11./s1. The van der Waals surface area contributed by atoms with Crippen molar-refractivity contribution in [2.24, 2.45) is 0 Å². The molecule has 6 atom stereocenters. The lowest BCUT2D eigenvalue weighted by atomic mass is 10.0. The van der Waals surface area contributed by atoms with Crippen molar-refractivity contribution in [2.45, 2.75) is 63.2 Å². The molecule has 0 bridgehead atoms. The van der Waals surface area contributed by atoms with Gasteiger partial charge in [0.05, 0.1) is 0 Å². The maximum atomic E-state index is 10.1. The second-order valence-corrected chi connectivity index (χ2v) is 8.78. The third-order valence-corrected chi connectivity index (χ3v) is 5.46. The Kier molecular flexibility index (Phi) is 19.4. The van der Waals surface area contributed by atoms with Gasteiger partial charge in [0.25, 0.3) is 0 Å². The van der Waals surface area contributed by atoms with Crippen LogP contribution in [0.2, 0.25) is 0 Å². The molecule has 0 saturated carbocycles. The van der Waals surface area contributed by atoms with E-state index < -0.39 is 36.4 Å². The molecular weight excluding hydrogens is 520 g/mol. The van der Waals surface area contributed by atoms with Crippen molar-refractivity contribution in [1.29, 1.82) is 0 Å². The molecule has 0 aliphatic carbocycles. The van der Waals surface area contributed by atoms with Crippen molar-refractivity contribution in [2.75, 3.05) is 14.1 Å². The van der Waals surface area contributed by atoms with Crippen LogP contribution in [0.1, 0.15) is 37.8 Å². The van der Waals surface area contributed by atoms with Gasteiger partial charge in [0.2, 0.25) is 0 Å². The first kappa shape index (κ1) is 36.5. The highest BCUT2D eigenvalue weighted by molar-refractivity contribution is 5.75. The number of aliphatic hydroxyl groups is 4. The summed E-state index contributed by atoms with van der Waals surface area (Å²) in [6, 6.07) is 9.06. The van der Waals surface area contributed by atoms with E-state index in [1.54, 1.807) is 12.4 Å². The summed E-state index contributed by atoms with van der Waals surface area (Å²) in [6.45, 7) is 4.32. The molecule has 12 nitrogen and oxygen atoms in total.